The maximum Gasteiger partial charge on any atom is 0.242 e. The number of hydrogen-bond donors (Lipinski definition) is 2. The van der Waals surface area contributed by atoms with Gasteiger partial charge in [-0.3, -0.25) is 4.79 Å². The van der Waals surface area contributed by atoms with Crippen molar-refractivity contribution in [2.24, 2.45) is 0 Å². The second-order valence-electron chi connectivity index (χ2n) is 4.58. The van der Waals surface area contributed by atoms with Gasteiger partial charge in [0.15, 0.2) is 0 Å². The van der Waals surface area contributed by atoms with Crippen molar-refractivity contribution in [3.8, 4) is 0 Å². The molecule has 0 heterocycles. The van der Waals surface area contributed by atoms with Gasteiger partial charge in [-0.15, -0.1) is 0 Å². The molecule has 1 aromatic carbocycles. The Kier molecular flexibility index (Phi) is 6.95. The molecule has 4 nitrogen and oxygen atoms in total. The molecule has 20 heavy (non-hydrogen) atoms. The second kappa shape index (κ2) is 8.21. The first-order valence-corrected chi connectivity index (χ1v) is 7.23. The molecule has 1 atom stereocenters. The van der Waals surface area contributed by atoms with Crippen molar-refractivity contribution < 1.29 is 13.9 Å². The van der Waals surface area contributed by atoms with E-state index in [1.54, 1.807) is 20.1 Å². The Bertz CT molecular complexity index is 469. The molecule has 0 aliphatic rings. The SMILES string of the molecule is COCCCNC(=O)C(C)Nc1cc(F)c(Br)cc1C. The number of amides is 1. The highest BCUT2D eigenvalue weighted by Gasteiger charge is 2.14. The van der Waals surface area contributed by atoms with Crippen LogP contribution >= 0.6 is 15.9 Å². The molecule has 0 aliphatic heterocycles. The Morgan fingerprint density at radius 2 is 2.20 bits per heavy atom. The topological polar surface area (TPSA) is 50.4 Å². The quantitative estimate of drug-likeness (QED) is 0.746. The fourth-order valence-corrected chi connectivity index (χ4v) is 2.14. The number of rotatable bonds is 7. The molecule has 1 amide bonds. The molecule has 0 saturated heterocycles. The number of benzene rings is 1. The Labute approximate surface area is 127 Å². The van der Waals surface area contributed by atoms with E-state index in [1.807, 2.05) is 6.92 Å². The summed E-state index contributed by atoms with van der Waals surface area (Å²) in [5, 5.41) is 5.81. The number of anilines is 1. The molecule has 1 unspecified atom stereocenters. The lowest BCUT2D eigenvalue weighted by molar-refractivity contribution is -0.121. The van der Waals surface area contributed by atoms with Crippen LogP contribution in [0, 0.1) is 12.7 Å². The van der Waals surface area contributed by atoms with E-state index in [2.05, 4.69) is 26.6 Å². The van der Waals surface area contributed by atoms with E-state index in [0.717, 1.165) is 12.0 Å². The molecule has 0 fully saturated rings. The lowest BCUT2D eigenvalue weighted by atomic mass is 10.1. The average molecular weight is 347 g/mol. The van der Waals surface area contributed by atoms with E-state index in [4.69, 9.17) is 4.74 Å². The van der Waals surface area contributed by atoms with Gasteiger partial charge in [-0.05, 0) is 53.9 Å². The Morgan fingerprint density at radius 1 is 1.50 bits per heavy atom. The summed E-state index contributed by atoms with van der Waals surface area (Å²) in [6, 6.07) is 2.63. The van der Waals surface area contributed by atoms with Crippen LogP contribution < -0.4 is 10.6 Å². The summed E-state index contributed by atoms with van der Waals surface area (Å²) in [7, 11) is 1.62. The van der Waals surface area contributed by atoms with Gasteiger partial charge >= 0.3 is 0 Å². The number of carbonyl (C=O) groups excluding carboxylic acids is 1. The zero-order chi connectivity index (χ0) is 15.1. The monoisotopic (exact) mass is 346 g/mol. The van der Waals surface area contributed by atoms with Crippen LogP contribution in [0.1, 0.15) is 18.9 Å². The largest absolute Gasteiger partial charge is 0.385 e. The van der Waals surface area contributed by atoms with E-state index in [-0.39, 0.29) is 11.7 Å². The van der Waals surface area contributed by atoms with Gasteiger partial charge in [0.05, 0.1) is 4.47 Å². The highest BCUT2D eigenvalue weighted by atomic mass is 79.9. The lowest BCUT2D eigenvalue weighted by Gasteiger charge is -2.17. The summed E-state index contributed by atoms with van der Waals surface area (Å²) in [5.41, 5.74) is 1.49. The molecule has 112 valence electrons. The number of halogens is 2. The molecule has 0 radical (unpaired) electrons. The fourth-order valence-electron chi connectivity index (χ4n) is 1.68. The van der Waals surface area contributed by atoms with E-state index in [0.29, 0.717) is 23.3 Å². The maximum atomic E-state index is 13.5. The van der Waals surface area contributed by atoms with Gasteiger partial charge in [-0.1, -0.05) is 0 Å². The lowest BCUT2D eigenvalue weighted by Crippen LogP contribution is -2.38. The summed E-state index contributed by atoms with van der Waals surface area (Å²) < 4.78 is 18.8. The summed E-state index contributed by atoms with van der Waals surface area (Å²) in [6.45, 7) is 4.77. The first-order valence-electron chi connectivity index (χ1n) is 6.44. The highest BCUT2D eigenvalue weighted by Crippen LogP contribution is 2.24. The highest BCUT2D eigenvalue weighted by molar-refractivity contribution is 9.10. The maximum absolute atomic E-state index is 13.5. The summed E-state index contributed by atoms with van der Waals surface area (Å²) >= 11 is 3.13. The number of nitrogens with one attached hydrogen (secondary N) is 2. The van der Waals surface area contributed by atoms with Gasteiger partial charge in [0.1, 0.15) is 11.9 Å². The van der Waals surface area contributed by atoms with Gasteiger partial charge in [0.2, 0.25) is 5.91 Å². The van der Waals surface area contributed by atoms with Crippen LogP contribution in [0.2, 0.25) is 0 Å². The normalized spacial score (nSPS) is 12.1. The molecule has 1 aromatic rings. The van der Waals surface area contributed by atoms with Gasteiger partial charge in [-0.2, -0.15) is 0 Å². The smallest absolute Gasteiger partial charge is 0.242 e. The predicted octanol–water partition coefficient (Wildman–Crippen LogP) is 2.85. The third-order valence-electron chi connectivity index (χ3n) is 2.86. The minimum Gasteiger partial charge on any atom is -0.385 e. The molecular formula is C14H20BrFN2O2. The Morgan fingerprint density at radius 3 is 2.85 bits per heavy atom. The molecule has 1 rings (SSSR count). The molecular weight excluding hydrogens is 327 g/mol. The zero-order valence-electron chi connectivity index (χ0n) is 11.9. The van der Waals surface area contributed by atoms with Gasteiger partial charge in [-0.25, -0.2) is 4.39 Å². The van der Waals surface area contributed by atoms with Crippen molar-refractivity contribution >= 4 is 27.5 Å². The van der Waals surface area contributed by atoms with E-state index in [1.165, 1.54) is 6.07 Å². The minimum absolute atomic E-state index is 0.121. The van der Waals surface area contributed by atoms with Crippen LogP contribution in [-0.4, -0.2) is 32.2 Å². The third kappa shape index (κ3) is 5.09. The van der Waals surface area contributed by atoms with E-state index < -0.39 is 6.04 Å². The third-order valence-corrected chi connectivity index (χ3v) is 3.46. The molecule has 0 bridgehead atoms. The predicted molar refractivity (Wildman–Crippen MR) is 81.4 cm³/mol. The van der Waals surface area contributed by atoms with Gasteiger partial charge < -0.3 is 15.4 Å². The van der Waals surface area contributed by atoms with Crippen LogP contribution in [0.15, 0.2) is 16.6 Å². The second-order valence-corrected chi connectivity index (χ2v) is 5.44. The number of hydrogen-bond acceptors (Lipinski definition) is 3. The van der Waals surface area contributed by atoms with Crippen LogP contribution in [0.5, 0.6) is 0 Å². The summed E-state index contributed by atoms with van der Waals surface area (Å²) in [6.07, 6.45) is 0.765. The van der Waals surface area contributed by atoms with Gasteiger partial charge in [0.25, 0.3) is 0 Å². The van der Waals surface area contributed by atoms with Gasteiger partial charge in [0, 0.05) is 25.9 Å². The summed E-state index contributed by atoms with van der Waals surface area (Å²) in [5.74, 6) is -0.477. The molecule has 0 spiro atoms. The molecule has 0 saturated carbocycles. The standard InChI is InChI=1S/C14H20BrFN2O2/c1-9-7-11(15)12(16)8-13(9)18-10(2)14(19)17-5-4-6-20-3/h7-8,10,18H,4-6H2,1-3H3,(H,17,19). The van der Waals surface area contributed by atoms with E-state index in [9.17, 15) is 9.18 Å². The number of methoxy groups -OCH3 is 1. The van der Waals surface area contributed by atoms with Crippen LogP contribution in [0.3, 0.4) is 0 Å². The average Bonchev–Trinajstić information content (AvgIpc) is 2.40. The van der Waals surface area contributed by atoms with E-state index >= 15 is 0 Å². The van der Waals surface area contributed by atoms with Crippen molar-refractivity contribution in [1.29, 1.82) is 0 Å². The van der Waals surface area contributed by atoms with Crippen molar-refractivity contribution in [1.82, 2.24) is 5.32 Å². The van der Waals surface area contributed by atoms with Crippen LogP contribution in [0.4, 0.5) is 10.1 Å². The number of ether oxygens (including phenoxy) is 1. The molecule has 2 N–H and O–H groups in total. The zero-order valence-corrected chi connectivity index (χ0v) is 13.5. The fraction of sp³-hybridized carbons (Fsp3) is 0.500. The molecule has 0 aliphatic carbocycles. The van der Waals surface area contributed by atoms with Crippen LogP contribution in [-0.2, 0) is 9.53 Å². The van der Waals surface area contributed by atoms with Crippen LogP contribution in [0.25, 0.3) is 0 Å². The first-order chi connectivity index (χ1) is 9.45. The van der Waals surface area contributed by atoms with Crippen molar-refractivity contribution in [3.05, 3.63) is 28.0 Å². The van der Waals surface area contributed by atoms with Crippen molar-refractivity contribution in [2.45, 2.75) is 26.3 Å². The Hall–Kier alpha value is -1.14. The molecule has 6 heteroatoms. The number of aryl methyl sites for hydroxylation is 1. The molecule has 0 aromatic heterocycles. The number of carbonyl (C=O) groups is 1. The summed E-state index contributed by atoms with van der Waals surface area (Å²) in [4.78, 5) is 11.9. The van der Waals surface area contributed by atoms with Crippen molar-refractivity contribution in [3.63, 3.8) is 0 Å². The first kappa shape index (κ1) is 16.9. The van der Waals surface area contributed by atoms with Crippen molar-refractivity contribution in [2.75, 3.05) is 25.6 Å². The Balaban J connectivity index is 2.55. The minimum atomic E-state index is -0.433.